The number of nitrogens with one attached hydrogen (secondary N) is 2. The minimum Gasteiger partial charge on any atom is -0.331 e. The van der Waals surface area contributed by atoms with Gasteiger partial charge in [0.05, 0.1) is 0 Å². The zero-order chi connectivity index (χ0) is 14.4. The predicted octanol–water partition coefficient (Wildman–Crippen LogP) is 4.22. The highest BCUT2D eigenvalue weighted by molar-refractivity contribution is 7.99. The molecule has 1 fully saturated rings. The van der Waals surface area contributed by atoms with E-state index in [1.165, 1.54) is 12.8 Å². The minimum atomic E-state index is -2.40. The van der Waals surface area contributed by atoms with Crippen LogP contribution in [0.25, 0.3) is 0 Å². The smallest absolute Gasteiger partial charge is 0.288 e. The third-order valence-corrected chi connectivity index (χ3v) is 3.75. The molecule has 0 unspecified atom stereocenters. The van der Waals surface area contributed by atoms with Crippen LogP contribution in [0.15, 0.2) is 34.3 Å². The fourth-order valence-electron chi connectivity index (χ4n) is 1.90. The zero-order valence-electron chi connectivity index (χ0n) is 10.7. The van der Waals surface area contributed by atoms with Crippen molar-refractivity contribution >= 4 is 40.5 Å². The van der Waals surface area contributed by atoms with Crippen molar-refractivity contribution in [3.05, 3.63) is 24.3 Å². The summed E-state index contributed by atoms with van der Waals surface area (Å²) in [5.74, 6) is -2.40. The summed E-state index contributed by atoms with van der Waals surface area (Å²) < 4.78 is 24.4. The molecule has 0 aromatic heterocycles. The number of rotatable bonds is 4. The Balaban J connectivity index is 1.83. The number of hydrazone groups is 1. The maximum absolute atomic E-state index is 12.2. The van der Waals surface area contributed by atoms with Gasteiger partial charge in [0.2, 0.25) is 0 Å². The van der Waals surface area contributed by atoms with E-state index >= 15 is 0 Å². The molecule has 20 heavy (non-hydrogen) atoms. The SMILES string of the molecule is FC(F)Sc1ccc(NC(=S)NN=C2CCCC2)cc1. The lowest BCUT2D eigenvalue weighted by molar-refractivity contribution is 0.252. The fraction of sp³-hybridized carbons (Fsp3) is 0.385. The summed E-state index contributed by atoms with van der Waals surface area (Å²) in [6.07, 6.45) is 4.41. The first-order valence-corrected chi connectivity index (χ1v) is 7.59. The molecule has 1 aromatic rings. The molecule has 0 saturated heterocycles. The Morgan fingerprint density at radius 3 is 2.45 bits per heavy atom. The molecule has 0 atom stereocenters. The summed E-state index contributed by atoms with van der Waals surface area (Å²) in [5.41, 5.74) is 4.68. The summed E-state index contributed by atoms with van der Waals surface area (Å²) in [6.45, 7) is 0. The Hall–Kier alpha value is -1.21. The lowest BCUT2D eigenvalue weighted by Crippen LogP contribution is -2.24. The normalized spacial score (nSPS) is 14.4. The minimum absolute atomic E-state index is 0.402. The van der Waals surface area contributed by atoms with Crippen molar-refractivity contribution in [2.45, 2.75) is 36.3 Å². The molecule has 108 valence electrons. The summed E-state index contributed by atoms with van der Waals surface area (Å²) in [7, 11) is 0. The molecule has 0 radical (unpaired) electrons. The van der Waals surface area contributed by atoms with Crippen LogP contribution in [-0.4, -0.2) is 16.6 Å². The summed E-state index contributed by atoms with van der Waals surface area (Å²) in [5, 5.41) is 7.60. The molecule has 0 spiro atoms. The van der Waals surface area contributed by atoms with Gasteiger partial charge >= 0.3 is 0 Å². The van der Waals surface area contributed by atoms with Crippen molar-refractivity contribution in [3.8, 4) is 0 Å². The Labute approximate surface area is 126 Å². The van der Waals surface area contributed by atoms with Gasteiger partial charge in [-0.2, -0.15) is 13.9 Å². The lowest BCUT2D eigenvalue weighted by Gasteiger charge is -2.08. The van der Waals surface area contributed by atoms with Crippen molar-refractivity contribution in [2.24, 2.45) is 5.10 Å². The van der Waals surface area contributed by atoms with Crippen molar-refractivity contribution in [3.63, 3.8) is 0 Å². The van der Waals surface area contributed by atoms with Gasteiger partial charge in [0.1, 0.15) is 0 Å². The number of halogens is 2. The highest BCUT2D eigenvalue weighted by Crippen LogP contribution is 2.26. The van der Waals surface area contributed by atoms with E-state index in [-0.39, 0.29) is 0 Å². The molecule has 3 nitrogen and oxygen atoms in total. The second-order valence-corrected chi connectivity index (χ2v) is 5.83. The molecule has 0 amide bonds. The monoisotopic (exact) mass is 315 g/mol. The Morgan fingerprint density at radius 1 is 1.20 bits per heavy atom. The van der Waals surface area contributed by atoms with Crippen LogP contribution in [0.4, 0.5) is 14.5 Å². The van der Waals surface area contributed by atoms with Crippen LogP contribution in [-0.2, 0) is 0 Å². The standard InChI is InChI=1S/C13H15F2N3S2/c14-12(15)20-11-7-5-9(6-8-11)16-13(19)18-17-10-3-1-2-4-10/h5-8,12H,1-4H2,(H2,16,18,19). The Bertz CT molecular complexity index is 481. The number of alkyl halides is 2. The average Bonchev–Trinajstić information content (AvgIpc) is 2.91. The first-order chi connectivity index (χ1) is 9.63. The predicted molar refractivity (Wildman–Crippen MR) is 83.6 cm³/mol. The Morgan fingerprint density at radius 2 is 1.85 bits per heavy atom. The van der Waals surface area contributed by atoms with Gasteiger partial charge in [0, 0.05) is 16.3 Å². The van der Waals surface area contributed by atoms with Gasteiger partial charge in [-0.25, -0.2) is 0 Å². The molecule has 0 aliphatic heterocycles. The molecule has 1 saturated carbocycles. The van der Waals surface area contributed by atoms with Gasteiger partial charge in [-0.05, 0) is 62.2 Å². The van der Waals surface area contributed by atoms with E-state index in [4.69, 9.17) is 12.2 Å². The van der Waals surface area contributed by atoms with E-state index in [0.29, 0.717) is 21.8 Å². The molecular formula is C13H15F2N3S2. The second-order valence-electron chi connectivity index (χ2n) is 4.35. The molecule has 7 heteroatoms. The van der Waals surface area contributed by atoms with E-state index in [1.807, 2.05) is 0 Å². The first kappa shape index (κ1) is 15.2. The topological polar surface area (TPSA) is 36.4 Å². The van der Waals surface area contributed by atoms with Crippen LogP contribution in [0.3, 0.4) is 0 Å². The van der Waals surface area contributed by atoms with Gasteiger partial charge in [0.25, 0.3) is 5.76 Å². The second kappa shape index (κ2) is 7.54. The first-order valence-electron chi connectivity index (χ1n) is 6.31. The fourth-order valence-corrected chi connectivity index (χ4v) is 2.57. The van der Waals surface area contributed by atoms with Gasteiger partial charge in [0.15, 0.2) is 5.11 Å². The number of hydrogen-bond donors (Lipinski definition) is 2. The molecule has 1 aliphatic rings. The van der Waals surface area contributed by atoms with Gasteiger partial charge in [-0.15, -0.1) is 0 Å². The van der Waals surface area contributed by atoms with Gasteiger partial charge in [-0.3, -0.25) is 5.43 Å². The third kappa shape index (κ3) is 5.05. The molecule has 2 rings (SSSR count). The quantitative estimate of drug-likeness (QED) is 0.495. The van der Waals surface area contributed by atoms with Crippen molar-refractivity contribution in [2.75, 3.05) is 5.32 Å². The largest absolute Gasteiger partial charge is 0.331 e. The highest BCUT2D eigenvalue weighted by atomic mass is 32.2. The number of thioether (sulfide) groups is 1. The van der Waals surface area contributed by atoms with Crippen LogP contribution < -0.4 is 10.7 Å². The summed E-state index contributed by atoms with van der Waals surface area (Å²) in [6, 6.07) is 6.68. The molecule has 0 heterocycles. The van der Waals surface area contributed by atoms with E-state index in [2.05, 4.69) is 15.8 Å². The number of nitrogens with zero attached hydrogens (tertiary/aromatic N) is 1. The van der Waals surface area contributed by atoms with E-state index in [1.54, 1.807) is 24.3 Å². The van der Waals surface area contributed by atoms with Crippen LogP contribution in [0.5, 0.6) is 0 Å². The highest BCUT2D eigenvalue weighted by Gasteiger charge is 2.08. The third-order valence-electron chi connectivity index (χ3n) is 2.83. The number of hydrogen-bond acceptors (Lipinski definition) is 3. The Kier molecular flexibility index (Phi) is 5.72. The molecular weight excluding hydrogens is 300 g/mol. The lowest BCUT2D eigenvalue weighted by atomic mass is 10.3. The van der Waals surface area contributed by atoms with Crippen LogP contribution in [0.2, 0.25) is 0 Å². The van der Waals surface area contributed by atoms with Gasteiger partial charge in [-0.1, -0.05) is 11.8 Å². The molecule has 1 aliphatic carbocycles. The maximum Gasteiger partial charge on any atom is 0.288 e. The van der Waals surface area contributed by atoms with Crippen molar-refractivity contribution < 1.29 is 8.78 Å². The molecule has 2 N–H and O–H groups in total. The van der Waals surface area contributed by atoms with Gasteiger partial charge < -0.3 is 5.32 Å². The van der Waals surface area contributed by atoms with E-state index < -0.39 is 5.76 Å². The number of anilines is 1. The average molecular weight is 315 g/mol. The number of thiocarbonyl (C=S) groups is 1. The summed E-state index contributed by atoms with van der Waals surface area (Å²) in [4.78, 5) is 0.524. The summed E-state index contributed by atoms with van der Waals surface area (Å²) >= 11 is 5.64. The van der Waals surface area contributed by atoms with Crippen LogP contribution in [0.1, 0.15) is 25.7 Å². The van der Waals surface area contributed by atoms with Crippen molar-refractivity contribution in [1.82, 2.24) is 5.43 Å². The molecule has 1 aromatic carbocycles. The van der Waals surface area contributed by atoms with E-state index in [0.717, 1.165) is 24.2 Å². The van der Waals surface area contributed by atoms with Crippen LogP contribution in [0, 0.1) is 0 Å². The van der Waals surface area contributed by atoms with Crippen molar-refractivity contribution in [1.29, 1.82) is 0 Å². The molecule has 0 bridgehead atoms. The number of benzene rings is 1. The van der Waals surface area contributed by atoms with Crippen LogP contribution >= 0.6 is 24.0 Å². The maximum atomic E-state index is 12.2. The zero-order valence-corrected chi connectivity index (χ0v) is 12.4. The van der Waals surface area contributed by atoms with E-state index in [9.17, 15) is 8.78 Å².